The number of aromatic nitrogens is 1. The van der Waals surface area contributed by atoms with Crippen LogP contribution in [-0.2, 0) is 46.5 Å². The van der Waals surface area contributed by atoms with Crippen LogP contribution in [0.15, 0.2) is 10.9 Å². The number of nitriles is 1. The normalized spacial score (nSPS) is 18.9. The lowest BCUT2D eigenvalue weighted by molar-refractivity contribution is -0.184. The van der Waals surface area contributed by atoms with Crippen molar-refractivity contribution in [2.24, 2.45) is 0 Å². The molecule has 3 rings (SSSR count). The maximum Gasteiger partial charge on any atom is 0.355 e. The molecule has 0 amide bonds. The number of carbonyl (C=O) groups excluding carboxylic acids is 2. The topological polar surface area (TPSA) is 117 Å². The Balaban J connectivity index is 2.30. The number of hydrogen-bond acceptors (Lipinski definition) is 8. The molecule has 0 aliphatic carbocycles. The van der Waals surface area contributed by atoms with E-state index in [-0.39, 0.29) is 24.2 Å². The highest BCUT2D eigenvalue weighted by Gasteiger charge is 2.51. The molecule has 3 heterocycles. The molecule has 0 N–H and O–H groups in total. The van der Waals surface area contributed by atoms with E-state index in [0.29, 0.717) is 31.9 Å². The number of nitrogens with zero attached hydrogens (tertiary/aromatic N) is 2. The van der Waals surface area contributed by atoms with Gasteiger partial charge in [0.1, 0.15) is 11.6 Å². The van der Waals surface area contributed by atoms with E-state index in [2.05, 4.69) is 0 Å². The SMILES string of the molecule is CCOC(=O)[C@@](CC)(OC(C)=O)c1cc2n(c(=O)c1C#N)CCC21OCCO1. The van der Waals surface area contributed by atoms with Crippen LogP contribution in [0.4, 0.5) is 0 Å². The highest BCUT2D eigenvalue weighted by Crippen LogP contribution is 2.42. The number of carbonyl (C=O) groups is 2. The molecule has 1 atom stereocenters. The summed E-state index contributed by atoms with van der Waals surface area (Å²) >= 11 is 0. The van der Waals surface area contributed by atoms with E-state index < -0.39 is 28.9 Å². The molecule has 1 spiro atoms. The van der Waals surface area contributed by atoms with Gasteiger partial charge in [-0.05, 0) is 19.4 Å². The van der Waals surface area contributed by atoms with E-state index in [1.54, 1.807) is 13.8 Å². The van der Waals surface area contributed by atoms with Crippen molar-refractivity contribution in [3.63, 3.8) is 0 Å². The fraction of sp³-hybridized carbons (Fsp3) is 0.579. The van der Waals surface area contributed by atoms with Gasteiger partial charge in [-0.2, -0.15) is 5.26 Å². The van der Waals surface area contributed by atoms with Crippen LogP contribution < -0.4 is 5.56 Å². The Labute approximate surface area is 161 Å². The zero-order chi connectivity index (χ0) is 20.5. The van der Waals surface area contributed by atoms with Gasteiger partial charge in [0.15, 0.2) is 0 Å². The van der Waals surface area contributed by atoms with E-state index >= 15 is 0 Å². The third kappa shape index (κ3) is 2.89. The van der Waals surface area contributed by atoms with Gasteiger partial charge in [-0.1, -0.05) is 6.92 Å². The first-order valence-electron chi connectivity index (χ1n) is 9.18. The number of ether oxygens (including phenoxy) is 4. The van der Waals surface area contributed by atoms with Gasteiger partial charge in [0.05, 0.1) is 25.5 Å². The summed E-state index contributed by atoms with van der Waals surface area (Å²) in [7, 11) is 0. The summed E-state index contributed by atoms with van der Waals surface area (Å²) in [5.74, 6) is -2.68. The minimum Gasteiger partial charge on any atom is -0.463 e. The highest BCUT2D eigenvalue weighted by atomic mass is 16.7. The molecule has 1 aromatic rings. The van der Waals surface area contributed by atoms with Gasteiger partial charge in [0.25, 0.3) is 5.56 Å². The van der Waals surface area contributed by atoms with Crippen molar-refractivity contribution in [3.05, 3.63) is 33.2 Å². The summed E-state index contributed by atoms with van der Waals surface area (Å²) < 4.78 is 23.5. The van der Waals surface area contributed by atoms with Gasteiger partial charge < -0.3 is 23.5 Å². The monoisotopic (exact) mass is 390 g/mol. The summed E-state index contributed by atoms with van der Waals surface area (Å²) in [6.07, 6.45) is 0.389. The number of rotatable bonds is 5. The first kappa shape index (κ1) is 20.0. The maximum absolute atomic E-state index is 13.0. The third-order valence-electron chi connectivity index (χ3n) is 5.08. The van der Waals surface area contributed by atoms with Crippen LogP contribution in [0.2, 0.25) is 0 Å². The largest absolute Gasteiger partial charge is 0.463 e. The minimum atomic E-state index is -1.91. The van der Waals surface area contributed by atoms with Crippen molar-refractivity contribution in [3.8, 4) is 6.07 Å². The quantitative estimate of drug-likeness (QED) is 0.685. The molecule has 0 radical (unpaired) electrons. The maximum atomic E-state index is 13.0. The van der Waals surface area contributed by atoms with Crippen LogP contribution in [0.5, 0.6) is 0 Å². The van der Waals surface area contributed by atoms with Crippen molar-refractivity contribution in [1.82, 2.24) is 4.57 Å². The van der Waals surface area contributed by atoms with Gasteiger partial charge in [-0.25, -0.2) is 4.79 Å². The molecule has 0 unspecified atom stereocenters. The average Bonchev–Trinajstić information content (AvgIpc) is 3.28. The second kappa shape index (κ2) is 7.37. The Morgan fingerprint density at radius 3 is 2.57 bits per heavy atom. The van der Waals surface area contributed by atoms with Gasteiger partial charge in [-0.15, -0.1) is 0 Å². The van der Waals surface area contributed by atoms with E-state index in [1.807, 2.05) is 6.07 Å². The fourth-order valence-corrected chi connectivity index (χ4v) is 3.85. The molecule has 9 nitrogen and oxygen atoms in total. The Bertz CT molecular complexity index is 908. The molecule has 150 valence electrons. The van der Waals surface area contributed by atoms with Crippen molar-refractivity contribution >= 4 is 11.9 Å². The Morgan fingerprint density at radius 2 is 2.04 bits per heavy atom. The number of pyridine rings is 1. The van der Waals surface area contributed by atoms with E-state index in [1.165, 1.54) is 10.6 Å². The second-order valence-corrected chi connectivity index (χ2v) is 6.58. The molecule has 0 aromatic carbocycles. The van der Waals surface area contributed by atoms with Gasteiger partial charge >= 0.3 is 11.9 Å². The Morgan fingerprint density at radius 1 is 1.36 bits per heavy atom. The second-order valence-electron chi connectivity index (χ2n) is 6.58. The Kier molecular flexibility index (Phi) is 5.28. The lowest BCUT2D eigenvalue weighted by Gasteiger charge is -2.32. The van der Waals surface area contributed by atoms with Crippen LogP contribution in [-0.4, -0.2) is 36.3 Å². The number of hydrogen-bond donors (Lipinski definition) is 0. The molecule has 0 bridgehead atoms. The molecular formula is C19H22N2O7. The smallest absolute Gasteiger partial charge is 0.355 e. The van der Waals surface area contributed by atoms with Gasteiger partial charge in [0.2, 0.25) is 11.4 Å². The van der Waals surface area contributed by atoms with Crippen LogP contribution in [0.25, 0.3) is 0 Å². The van der Waals surface area contributed by atoms with Crippen LogP contribution in [0.3, 0.4) is 0 Å². The molecule has 0 saturated carbocycles. The molecular weight excluding hydrogens is 368 g/mol. The molecule has 1 fully saturated rings. The zero-order valence-electron chi connectivity index (χ0n) is 16.1. The lowest BCUT2D eigenvalue weighted by atomic mass is 9.87. The average molecular weight is 390 g/mol. The predicted molar refractivity (Wildman–Crippen MR) is 94.0 cm³/mol. The molecule has 1 saturated heterocycles. The Hall–Kier alpha value is -2.70. The molecule has 2 aliphatic rings. The van der Waals surface area contributed by atoms with Crippen molar-refractivity contribution in [2.45, 2.75) is 51.5 Å². The van der Waals surface area contributed by atoms with Crippen molar-refractivity contribution in [1.29, 1.82) is 5.26 Å². The van der Waals surface area contributed by atoms with E-state index in [4.69, 9.17) is 18.9 Å². The summed E-state index contributed by atoms with van der Waals surface area (Å²) in [5.41, 5.74) is -2.37. The molecule has 2 aliphatic heterocycles. The number of esters is 2. The lowest BCUT2D eigenvalue weighted by Crippen LogP contribution is -2.44. The summed E-state index contributed by atoms with van der Waals surface area (Å²) in [5, 5.41) is 9.67. The van der Waals surface area contributed by atoms with Crippen LogP contribution >= 0.6 is 0 Å². The first-order chi connectivity index (χ1) is 13.3. The van der Waals surface area contributed by atoms with Crippen LogP contribution in [0.1, 0.15) is 50.4 Å². The van der Waals surface area contributed by atoms with Crippen molar-refractivity contribution in [2.75, 3.05) is 19.8 Å². The van der Waals surface area contributed by atoms with Crippen LogP contribution in [0, 0.1) is 11.3 Å². The molecule has 9 heteroatoms. The van der Waals surface area contributed by atoms with E-state index in [9.17, 15) is 19.6 Å². The summed E-state index contributed by atoms with van der Waals surface area (Å²) in [6, 6.07) is 3.37. The van der Waals surface area contributed by atoms with Gasteiger partial charge in [-0.3, -0.25) is 9.59 Å². The summed E-state index contributed by atoms with van der Waals surface area (Å²) in [6.45, 7) is 5.47. The minimum absolute atomic E-state index is 0.0113. The third-order valence-corrected chi connectivity index (χ3v) is 5.08. The molecule has 1 aromatic heterocycles. The summed E-state index contributed by atoms with van der Waals surface area (Å²) in [4.78, 5) is 37.7. The number of fused-ring (bicyclic) bond motifs is 2. The zero-order valence-corrected chi connectivity index (χ0v) is 16.1. The first-order valence-corrected chi connectivity index (χ1v) is 9.18. The van der Waals surface area contributed by atoms with Crippen molar-refractivity contribution < 1.29 is 28.5 Å². The van der Waals surface area contributed by atoms with Gasteiger partial charge in [0, 0.05) is 25.5 Å². The fourth-order valence-electron chi connectivity index (χ4n) is 3.85. The highest BCUT2D eigenvalue weighted by molar-refractivity contribution is 5.85. The molecule has 28 heavy (non-hydrogen) atoms. The standard InChI is InChI=1S/C19H22N2O7/c1-4-18(28-12(3)22,17(24)25-5-2)14-10-15-19(26-8-9-27-19)6-7-21(15)16(23)13(14)11-20/h10H,4-9H2,1-3H3/t18-/m0/s1. The van der Waals surface area contributed by atoms with E-state index in [0.717, 1.165) is 6.92 Å². The predicted octanol–water partition coefficient (Wildman–Crippen LogP) is 1.05.